The zero-order chi connectivity index (χ0) is 29.3. The minimum Gasteiger partial charge on any atom is -0.399 e. The number of carbonyl (C=O) groups is 2. The Balaban J connectivity index is 1.62. The molecule has 1 saturated carbocycles. The average Bonchev–Trinajstić information content (AvgIpc) is 2.93. The summed E-state index contributed by atoms with van der Waals surface area (Å²) in [4.78, 5) is 30.4. The Morgan fingerprint density at radius 1 is 1.00 bits per heavy atom. The molecule has 1 fully saturated rings. The second-order valence-electron chi connectivity index (χ2n) is 11.0. The Morgan fingerprint density at radius 3 is 2.34 bits per heavy atom. The summed E-state index contributed by atoms with van der Waals surface area (Å²) in [5, 5.41) is 3.71. The van der Waals surface area contributed by atoms with Gasteiger partial charge in [-0.1, -0.05) is 66.9 Å². The fraction of sp³-hybridized carbons (Fsp3) is 0.355. The van der Waals surface area contributed by atoms with Crippen LogP contribution < -0.4 is 15.8 Å². The molecule has 1 aliphatic carbocycles. The Kier molecular flexibility index (Phi) is 8.40. The van der Waals surface area contributed by atoms with Gasteiger partial charge >= 0.3 is 0 Å². The van der Waals surface area contributed by atoms with Gasteiger partial charge in [-0.15, -0.1) is 0 Å². The molecular formula is C31H35ClN4O4S. The molecule has 0 saturated heterocycles. The van der Waals surface area contributed by atoms with Crippen LogP contribution in [0.15, 0.2) is 72.8 Å². The van der Waals surface area contributed by atoms with Gasteiger partial charge in [-0.2, -0.15) is 0 Å². The molecule has 216 valence electrons. The largest absolute Gasteiger partial charge is 0.399 e. The minimum atomic E-state index is -3.53. The lowest BCUT2D eigenvalue weighted by molar-refractivity contribution is -0.125. The molecule has 4 N–H and O–H groups in total. The molecule has 1 heterocycles. The smallest absolute Gasteiger partial charge is 0.255 e. The highest BCUT2D eigenvalue weighted by molar-refractivity contribution is 7.88. The molecule has 1 aliphatic heterocycles. The van der Waals surface area contributed by atoms with Crippen LogP contribution in [0.5, 0.6) is 0 Å². The van der Waals surface area contributed by atoms with E-state index in [2.05, 4.69) is 10.0 Å². The first-order valence-electron chi connectivity index (χ1n) is 13.8. The van der Waals surface area contributed by atoms with E-state index in [4.69, 9.17) is 17.3 Å². The molecule has 8 nitrogen and oxygen atoms in total. The minimum absolute atomic E-state index is 0.219. The molecule has 10 heteroatoms. The number of fused-ring (bicyclic) bond motifs is 1. The van der Waals surface area contributed by atoms with Crippen molar-refractivity contribution >= 4 is 39.1 Å². The Hall–Kier alpha value is -3.40. The average molecular weight is 595 g/mol. The number of hydrogen-bond donors (Lipinski definition) is 3. The van der Waals surface area contributed by atoms with Crippen molar-refractivity contribution in [3.63, 3.8) is 0 Å². The summed E-state index contributed by atoms with van der Waals surface area (Å²) in [5.74, 6) is -1.20. The third-order valence-corrected chi connectivity index (χ3v) is 9.10. The molecule has 1 unspecified atom stereocenters. The summed E-state index contributed by atoms with van der Waals surface area (Å²) in [6.45, 7) is 1.91. The van der Waals surface area contributed by atoms with E-state index in [1.807, 2.05) is 43.3 Å². The SMILES string of the molecule is CC(NC(=O)[C@@H]1c2ccccc2C(=O)N([C@H]2CCCC[C@@H]2NS(C)(=O)=O)[C@H]1c1ccc(Cl)cc1)c1ccc(N)cc1. The molecule has 5 atom stereocenters. The van der Waals surface area contributed by atoms with Crippen LogP contribution in [0.3, 0.4) is 0 Å². The van der Waals surface area contributed by atoms with Gasteiger partial charge in [-0.05, 0) is 66.8 Å². The van der Waals surface area contributed by atoms with Crippen LogP contribution in [-0.4, -0.2) is 43.5 Å². The molecular weight excluding hydrogens is 560 g/mol. The van der Waals surface area contributed by atoms with Crippen molar-refractivity contribution in [1.82, 2.24) is 14.9 Å². The predicted molar refractivity (Wildman–Crippen MR) is 161 cm³/mol. The lowest BCUT2D eigenvalue weighted by Crippen LogP contribution is -2.59. The Labute approximate surface area is 246 Å². The summed E-state index contributed by atoms with van der Waals surface area (Å²) in [7, 11) is -3.53. The van der Waals surface area contributed by atoms with E-state index < -0.39 is 34.1 Å². The van der Waals surface area contributed by atoms with E-state index in [1.165, 1.54) is 0 Å². The maximum atomic E-state index is 14.3. The second kappa shape index (κ2) is 11.8. The Morgan fingerprint density at radius 2 is 1.66 bits per heavy atom. The molecule has 0 spiro atoms. The van der Waals surface area contributed by atoms with Gasteiger partial charge in [0.2, 0.25) is 15.9 Å². The van der Waals surface area contributed by atoms with Crippen LogP contribution >= 0.6 is 11.6 Å². The third kappa shape index (κ3) is 6.27. The van der Waals surface area contributed by atoms with Gasteiger partial charge in [0.25, 0.3) is 5.91 Å². The van der Waals surface area contributed by atoms with E-state index in [0.29, 0.717) is 34.7 Å². The standard InChI is InChI=1S/C31H35ClN4O4S/c1-19(20-13-17-23(33)18-14-20)34-30(37)28-24-7-3-4-8-25(24)31(38)36(29(28)21-11-15-22(32)16-12-21)27-10-6-5-9-26(27)35-41(2,39)40/h3-4,7-8,11-19,26-29,35H,5-6,9-10,33H2,1-2H3,(H,34,37)/t19?,26-,27-,28+,29-/m0/s1. The van der Waals surface area contributed by atoms with E-state index in [1.54, 1.807) is 41.3 Å². The number of amides is 2. The molecule has 3 aromatic carbocycles. The fourth-order valence-electron chi connectivity index (χ4n) is 6.24. The number of nitrogens with zero attached hydrogens (tertiary/aromatic N) is 1. The predicted octanol–water partition coefficient (Wildman–Crippen LogP) is 4.94. The molecule has 0 bridgehead atoms. The zero-order valence-electron chi connectivity index (χ0n) is 23.1. The van der Waals surface area contributed by atoms with Crippen LogP contribution in [0.4, 0.5) is 5.69 Å². The van der Waals surface area contributed by atoms with Crippen molar-refractivity contribution in [1.29, 1.82) is 0 Å². The molecule has 41 heavy (non-hydrogen) atoms. The van der Waals surface area contributed by atoms with E-state index in [0.717, 1.165) is 30.2 Å². The number of rotatable bonds is 7. The van der Waals surface area contributed by atoms with E-state index in [9.17, 15) is 18.0 Å². The molecule has 2 amide bonds. The lowest BCUT2D eigenvalue weighted by Gasteiger charge is -2.49. The van der Waals surface area contributed by atoms with Gasteiger partial charge < -0.3 is 16.0 Å². The summed E-state index contributed by atoms with van der Waals surface area (Å²) in [5.41, 5.74) is 9.23. The number of nitrogens with two attached hydrogens (primary N) is 1. The summed E-state index contributed by atoms with van der Waals surface area (Å²) in [6.07, 6.45) is 4.04. The van der Waals surface area contributed by atoms with Crippen molar-refractivity contribution < 1.29 is 18.0 Å². The lowest BCUT2D eigenvalue weighted by atomic mass is 9.76. The van der Waals surface area contributed by atoms with Gasteiger partial charge in [-0.25, -0.2) is 13.1 Å². The highest BCUT2D eigenvalue weighted by Crippen LogP contribution is 2.46. The van der Waals surface area contributed by atoms with Gasteiger partial charge in [0.15, 0.2) is 0 Å². The zero-order valence-corrected chi connectivity index (χ0v) is 24.7. The van der Waals surface area contributed by atoms with Crippen LogP contribution in [-0.2, 0) is 14.8 Å². The normalized spacial score (nSPS) is 23.5. The third-order valence-electron chi connectivity index (χ3n) is 8.12. The van der Waals surface area contributed by atoms with Gasteiger partial charge in [0.1, 0.15) is 0 Å². The van der Waals surface area contributed by atoms with Crippen molar-refractivity contribution in [2.75, 3.05) is 12.0 Å². The number of nitrogen functional groups attached to an aromatic ring is 1. The number of anilines is 1. The molecule has 2 aliphatic rings. The number of sulfonamides is 1. The molecule has 3 aromatic rings. The van der Waals surface area contributed by atoms with Crippen LogP contribution in [0, 0.1) is 0 Å². The van der Waals surface area contributed by atoms with Crippen molar-refractivity contribution in [2.45, 2.75) is 62.7 Å². The number of benzene rings is 3. The summed E-state index contributed by atoms with van der Waals surface area (Å²) in [6, 6.07) is 19.8. The van der Waals surface area contributed by atoms with Gasteiger partial charge in [-0.3, -0.25) is 9.59 Å². The summed E-state index contributed by atoms with van der Waals surface area (Å²) < 4.78 is 27.5. The molecule has 0 aromatic heterocycles. The molecule has 0 radical (unpaired) electrons. The van der Waals surface area contributed by atoms with Crippen molar-refractivity contribution in [2.24, 2.45) is 0 Å². The number of halogens is 1. The Bertz CT molecular complexity index is 1530. The van der Waals surface area contributed by atoms with E-state index in [-0.39, 0.29) is 17.9 Å². The highest BCUT2D eigenvalue weighted by atomic mass is 35.5. The summed E-state index contributed by atoms with van der Waals surface area (Å²) >= 11 is 6.24. The fourth-order valence-corrected chi connectivity index (χ4v) is 7.19. The second-order valence-corrected chi connectivity index (χ2v) is 13.2. The van der Waals surface area contributed by atoms with Crippen LogP contribution in [0.25, 0.3) is 0 Å². The quantitative estimate of drug-likeness (QED) is 0.335. The monoisotopic (exact) mass is 594 g/mol. The maximum Gasteiger partial charge on any atom is 0.255 e. The first-order chi connectivity index (χ1) is 19.5. The van der Waals surface area contributed by atoms with Crippen molar-refractivity contribution in [3.05, 3.63) is 100 Å². The van der Waals surface area contributed by atoms with Crippen molar-refractivity contribution in [3.8, 4) is 0 Å². The molecule has 5 rings (SSSR count). The maximum absolute atomic E-state index is 14.3. The first-order valence-corrected chi connectivity index (χ1v) is 16.1. The van der Waals surface area contributed by atoms with Gasteiger partial charge in [0.05, 0.1) is 24.3 Å². The van der Waals surface area contributed by atoms with E-state index >= 15 is 0 Å². The number of nitrogens with one attached hydrogen (secondary N) is 2. The first kappa shape index (κ1) is 29.1. The van der Waals surface area contributed by atoms with Gasteiger partial charge in [0, 0.05) is 28.4 Å². The van der Waals surface area contributed by atoms with Crippen LogP contribution in [0.1, 0.15) is 77.7 Å². The number of carbonyl (C=O) groups excluding carboxylic acids is 2. The number of hydrogen-bond acceptors (Lipinski definition) is 5. The topological polar surface area (TPSA) is 122 Å². The highest BCUT2D eigenvalue weighted by Gasteiger charge is 2.49. The van der Waals surface area contributed by atoms with Crippen LogP contribution in [0.2, 0.25) is 5.02 Å².